The van der Waals surface area contributed by atoms with Gasteiger partial charge in [-0.2, -0.15) is 5.26 Å². The summed E-state index contributed by atoms with van der Waals surface area (Å²) in [5.41, 5.74) is 0.783. The molecular weight excluding hydrogens is 304 g/mol. The number of nitrogens with one attached hydrogen (secondary N) is 2. The summed E-state index contributed by atoms with van der Waals surface area (Å²) in [5.74, 6) is -0.234. The van der Waals surface area contributed by atoms with Gasteiger partial charge in [0.1, 0.15) is 0 Å². The molecule has 1 unspecified atom stereocenters. The Balaban J connectivity index is 2.59. The third-order valence-corrected chi connectivity index (χ3v) is 4.49. The number of hydrogen-bond acceptors (Lipinski definition) is 4. The van der Waals surface area contributed by atoms with Crippen molar-refractivity contribution < 1.29 is 13.2 Å². The molecule has 7 nitrogen and oxygen atoms in total. The van der Waals surface area contributed by atoms with Crippen molar-refractivity contribution in [1.29, 1.82) is 5.26 Å². The monoisotopic (exact) mass is 324 g/mol. The molecule has 8 heteroatoms. The van der Waals surface area contributed by atoms with Crippen molar-refractivity contribution in [2.45, 2.75) is 18.4 Å². The van der Waals surface area contributed by atoms with Gasteiger partial charge < -0.3 is 10.2 Å². The Hall–Kier alpha value is -2.11. The number of amides is 2. The predicted molar refractivity (Wildman–Crippen MR) is 82.3 cm³/mol. The van der Waals surface area contributed by atoms with E-state index in [1.165, 1.54) is 24.1 Å². The molecule has 0 fully saturated rings. The lowest BCUT2D eigenvalue weighted by Crippen LogP contribution is -2.38. The largest absolute Gasteiger partial charge is 0.334 e. The normalized spacial score (nSPS) is 12.3. The molecule has 0 spiro atoms. The van der Waals surface area contributed by atoms with E-state index < -0.39 is 10.0 Å². The molecule has 0 saturated carbocycles. The lowest BCUT2D eigenvalue weighted by atomic mass is 10.2. The van der Waals surface area contributed by atoms with E-state index in [9.17, 15) is 13.2 Å². The Morgan fingerprint density at radius 2 is 1.95 bits per heavy atom. The summed E-state index contributed by atoms with van der Waals surface area (Å²) >= 11 is 0. The number of urea groups is 1. The van der Waals surface area contributed by atoms with Gasteiger partial charge in [0.05, 0.1) is 16.9 Å². The van der Waals surface area contributed by atoms with E-state index in [0.29, 0.717) is 6.54 Å². The Morgan fingerprint density at radius 1 is 1.36 bits per heavy atom. The van der Waals surface area contributed by atoms with E-state index in [1.807, 2.05) is 0 Å². The fourth-order valence-electron chi connectivity index (χ4n) is 1.75. The summed E-state index contributed by atoms with van der Waals surface area (Å²) in [6.07, 6.45) is 0. The van der Waals surface area contributed by atoms with Gasteiger partial charge in [-0.3, -0.25) is 0 Å². The van der Waals surface area contributed by atoms with Crippen LogP contribution in [0.2, 0.25) is 0 Å². The van der Waals surface area contributed by atoms with Crippen LogP contribution in [0.15, 0.2) is 29.2 Å². The van der Waals surface area contributed by atoms with Crippen molar-refractivity contribution in [2.24, 2.45) is 5.92 Å². The molecule has 120 valence electrons. The van der Waals surface area contributed by atoms with Crippen molar-refractivity contribution in [1.82, 2.24) is 14.9 Å². The van der Waals surface area contributed by atoms with Gasteiger partial charge in [-0.1, -0.05) is 12.1 Å². The van der Waals surface area contributed by atoms with Gasteiger partial charge in [-0.05, 0) is 31.7 Å². The van der Waals surface area contributed by atoms with E-state index in [4.69, 9.17) is 5.26 Å². The zero-order valence-electron chi connectivity index (χ0n) is 12.8. The van der Waals surface area contributed by atoms with Crippen LogP contribution in [-0.4, -0.2) is 40.0 Å². The van der Waals surface area contributed by atoms with Gasteiger partial charge in [-0.25, -0.2) is 17.9 Å². The highest BCUT2D eigenvalue weighted by Gasteiger charge is 2.13. The fraction of sp³-hybridized carbons (Fsp3) is 0.429. The molecule has 0 aliphatic heterocycles. The van der Waals surface area contributed by atoms with Crippen LogP contribution in [0.1, 0.15) is 12.5 Å². The summed E-state index contributed by atoms with van der Waals surface area (Å²) in [6.45, 7) is 2.37. The second-order valence-corrected chi connectivity index (χ2v) is 6.81. The molecule has 1 aromatic carbocycles. The molecule has 0 bridgehead atoms. The molecule has 0 heterocycles. The molecule has 2 amide bonds. The van der Waals surface area contributed by atoms with Crippen LogP contribution in [0.4, 0.5) is 4.79 Å². The van der Waals surface area contributed by atoms with Crippen LogP contribution in [0, 0.1) is 17.2 Å². The maximum absolute atomic E-state index is 11.8. The number of carbonyl (C=O) groups is 1. The van der Waals surface area contributed by atoms with Gasteiger partial charge in [0.15, 0.2) is 0 Å². The maximum atomic E-state index is 11.8. The summed E-state index contributed by atoms with van der Waals surface area (Å²) in [6, 6.07) is 8.03. The fourth-order valence-corrected chi connectivity index (χ4v) is 2.48. The van der Waals surface area contributed by atoms with Crippen molar-refractivity contribution in [3.63, 3.8) is 0 Å². The van der Waals surface area contributed by atoms with E-state index >= 15 is 0 Å². The highest BCUT2D eigenvalue weighted by molar-refractivity contribution is 7.89. The highest BCUT2D eigenvalue weighted by Crippen LogP contribution is 2.10. The van der Waals surface area contributed by atoms with Crippen molar-refractivity contribution >= 4 is 16.1 Å². The molecule has 0 radical (unpaired) electrons. The molecule has 0 saturated heterocycles. The Morgan fingerprint density at radius 3 is 2.45 bits per heavy atom. The minimum absolute atomic E-state index is 0.171. The molecule has 0 aliphatic rings. The van der Waals surface area contributed by atoms with Gasteiger partial charge in [-0.15, -0.1) is 0 Å². The summed E-state index contributed by atoms with van der Waals surface area (Å²) in [5, 5.41) is 11.4. The van der Waals surface area contributed by atoms with Crippen LogP contribution < -0.4 is 10.0 Å². The smallest absolute Gasteiger partial charge is 0.317 e. The molecule has 22 heavy (non-hydrogen) atoms. The van der Waals surface area contributed by atoms with Gasteiger partial charge in [0.25, 0.3) is 0 Å². The first-order valence-electron chi connectivity index (χ1n) is 6.71. The van der Waals surface area contributed by atoms with Gasteiger partial charge in [0, 0.05) is 20.1 Å². The third kappa shape index (κ3) is 5.02. The van der Waals surface area contributed by atoms with Crippen LogP contribution in [0.3, 0.4) is 0 Å². The van der Waals surface area contributed by atoms with Crippen molar-refractivity contribution in [3.8, 4) is 6.07 Å². The van der Waals surface area contributed by atoms with Crippen molar-refractivity contribution in [2.75, 3.05) is 20.6 Å². The first-order valence-corrected chi connectivity index (χ1v) is 8.19. The number of nitrogens with zero attached hydrogens (tertiary/aromatic N) is 2. The number of hydrogen-bond donors (Lipinski definition) is 2. The second kappa shape index (κ2) is 7.77. The van der Waals surface area contributed by atoms with E-state index in [1.54, 1.807) is 26.1 Å². The molecule has 2 N–H and O–H groups in total. The maximum Gasteiger partial charge on any atom is 0.317 e. The Labute approximate surface area is 131 Å². The number of nitriles is 1. The van der Waals surface area contributed by atoms with Crippen LogP contribution in [0.5, 0.6) is 0 Å². The number of carbonyl (C=O) groups excluding carboxylic acids is 1. The Bertz CT molecular complexity index is 650. The van der Waals surface area contributed by atoms with Crippen LogP contribution >= 0.6 is 0 Å². The topological polar surface area (TPSA) is 102 Å². The number of sulfonamides is 1. The summed E-state index contributed by atoms with van der Waals surface area (Å²) in [4.78, 5) is 13.4. The lowest BCUT2D eigenvalue weighted by Gasteiger charge is -2.19. The predicted octanol–water partition coefficient (Wildman–Crippen LogP) is 0.896. The second-order valence-electron chi connectivity index (χ2n) is 4.92. The summed E-state index contributed by atoms with van der Waals surface area (Å²) < 4.78 is 25.4. The molecule has 1 atom stereocenters. The zero-order chi connectivity index (χ0) is 16.8. The minimum Gasteiger partial charge on any atom is -0.334 e. The quantitative estimate of drug-likeness (QED) is 0.811. The molecule has 1 rings (SSSR count). The Kier molecular flexibility index (Phi) is 6.34. The first-order chi connectivity index (χ1) is 10.3. The molecule has 1 aromatic rings. The zero-order valence-corrected chi connectivity index (χ0v) is 13.6. The molecular formula is C14H20N4O3S. The average Bonchev–Trinajstić information content (AvgIpc) is 2.52. The SMILES string of the molecule is CNS(=O)(=O)c1ccc(CNC(=O)N(C)CC(C)C#N)cc1. The number of rotatable bonds is 6. The first kappa shape index (κ1) is 17.9. The minimum atomic E-state index is -3.45. The van der Waals surface area contributed by atoms with E-state index in [0.717, 1.165) is 5.56 Å². The molecule has 0 aromatic heterocycles. The standard InChI is InChI=1S/C14H20N4O3S/c1-11(8-15)10-18(3)14(19)17-9-12-4-6-13(7-5-12)22(20,21)16-2/h4-7,11,16H,9-10H2,1-3H3,(H,17,19). The summed E-state index contributed by atoms with van der Waals surface area (Å²) in [7, 11) is -0.487. The lowest BCUT2D eigenvalue weighted by molar-refractivity contribution is 0.205. The highest BCUT2D eigenvalue weighted by atomic mass is 32.2. The van der Waals surface area contributed by atoms with Crippen molar-refractivity contribution in [3.05, 3.63) is 29.8 Å². The van der Waals surface area contributed by atoms with E-state index in [-0.39, 0.29) is 23.4 Å². The molecule has 0 aliphatic carbocycles. The van der Waals surface area contributed by atoms with Gasteiger partial charge >= 0.3 is 6.03 Å². The average molecular weight is 324 g/mol. The number of benzene rings is 1. The van der Waals surface area contributed by atoms with Gasteiger partial charge in [0.2, 0.25) is 10.0 Å². The third-order valence-electron chi connectivity index (χ3n) is 3.06. The van der Waals surface area contributed by atoms with Crippen LogP contribution in [0.25, 0.3) is 0 Å². The van der Waals surface area contributed by atoms with E-state index in [2.05, 4.69) is 16.1 Å². The van der Waals surface area contributed by atoms with Crippen LogP contribution in [-0.2, 0) is 16.6 Å².